The Hall–Kier alpha value is -1.55. The number of hydrogen-bond donors (Lipinski definition) is 0. The second-order valence-corrected chi connectivity index (χ2v) is 5.03. The average Bonchev–Trinajstić information content (AvgIpc) is 2.49. The summed E-state index contributed by atoms with van der Waals surface area (Å²) in [6, 6.07) is 10.1. The van der Waals surface area contributed by atoms with Crippen molar-refractivity contribution in [3.05, 3.63) is 30.3 Å². The standard InChI is InChI=1S/C17H27NO3/c1-4-6-12-20-14-17(21-15(3)19)13-18(5-2)16-10-8-7-9-11-16/h7-11,17H,4-6,12-14H2,1-3H3. The first-order valence-electron chi connectivity index (χ1n) is 7.72. The second-order valence-electron chi connectivity index (χ2n) is 5.03. The lowest BCUT2D eigenvalue weighted by molar-refractivity contribution is -0.148. The molecule has 0 heterocycles. The molecule has 0 saturated carbocycles. The highest BCUT2D eigenvalue weighted by molar-refractivity contribution is 5.66. The van der Waals surface area contributed by atoms with Gasteiger partial charge in [-0.2, -0.15) is 0 Å². The van der Waals surface area contributed by atoms with Gasteiger partial charge in [0.25, 0.3) is 0 Å². The van der Waals surface area contributed by atoms with E-state index in [-0.39, 0.29) is 12.1 Å². The molecule has 4 nitrogen and oxygen atoms in total. The summed E-state index contributed by atoms with van der Waals surface area (Å²) >= 11 is 0. The smallest absolute Gasteiger partial charge is 0.303 e. The average molecular weight is 293 g/mol. The van der Waals surface area contributed by atoms with Crippen molar-refractivity contribution < 1.29 is 14.3 Å². The number of carbonyl (C=O) groups is 1. The maximum absolute atomic E-state index is 11.3. The molecule has 0 aromatic heterocycles. The first-order chi connectivity index (χ1) is 10.2. The summed E-state index contributed by atoms with van der Waals surface area (Å²) in [5, 5.41) is 0. The molecule has 21 heavy (non-hydrogen) atoms. The Morgan fingerprint density at radius 2 is 1.95 bits per heavy atom. The zero-order chi connectivity index (χ0) is 15.5. The van der Waals surface area contributed by atoms with E-state index in [1.807, 2.05) is 18.2 Å². The van der Waals surface area contributed by atoms with Gasteiger partial charge in [-0.15, -0.1) is 0 Å². The van der Waals surface area contributed by atoms with Gasteiger partial charge in [-0.25, -0.2) is 0 Å². The Morgan fingerprint density at radius 3 is 2.52 bits per heavy atom. The van der Waals surface area contributed by atoms with Gasteiger partial charge >= 0.3 is 5.97 Å². The number of likely N-dealkylation sites (N-methyl/N-ethyl adjacent to an activating group) is 1. The highest BCUT2D eigenvalue weighted by atomic mass is 16.6. The second kappa shape index (κ2) is 10.2. The number of rotatable bonds is 10. The third-order valence-electron chi connectivity index (χ3n) is 3.21. The molecular weight excluding hydrogens is 266 g/mol. The lowest BCUT2D eigenvalue weighted by Crippen LogP contribution is -2.37. The van der Waals surface area contributed by atoms with Crippen molar-refractivity contribution in [3.63, 3.8) is 0 Å². The fraction of sp³-hybridized carbons (Fsp3) is 0.588. The van der Waals surface area contributed by atoms with E-state index in [0.29, 0.717) is 19.8 Å². The molecule has 0 bridgehead atoms. The molecule has 0 N–H and O–H groups in total. The number of ether oxygens (including phenoxy) is 2. The Morgan fingerprint density at radius 1 is 1.24 bits per heavy atom. The SMILES string of the molecule is CCCCOCC(CN(CC)c1ccccc1)OC(C)=O. The topological polar surface area (TPSA) is 38.8 Å². The van der Waals surface area contributed by atoms with E-state index in [2.05, 4.69) is 30.9 Å². The van der Waals surface area contributed by atoms with Crippen LogP contribution in [0.5, 0.6) is 0 Å². The number of anilines is 1. The van der Waals surface area contributed by atoms with Crippen LogP contribution in [0, 0.1) is 0 Å². The van der Waals surface area contributed by atoms with Crippen LogP contribution < -0.4 is 4.90 Å². The van der Waals surface area contributed by atoms with Gasteiger partial charge < -0.3 is 14.4 Å². The Labute approximate surface area is 128 Å². The summed E-state index contributed by atoms with van der Waals surface area (Å²) in [6.45, 7) is 8.33. The van der Waals surface area contributed by atoms with Crippen LogP contribution in [0.15, 0.2) is 30.3 Å². The molecule has 0 aliphatic rings. The molecule has 1 atom stereocenters. The third-order valence-corrected chi connectivity index (χ3v) is 3.21. The van der Waals surface area contributed by atoms with Crippen LogP contribution in [-0.4, -0.2) is 38.4 Å². The highest BCUT2D eigenvalue weighted by Gasteiger charge is 2.16. The number of carbonyl (C=O) groups excluding carboxylic acids is 1. The minimum absolute atomic E-state index is 0.237. The molecule has 0 amide bonds. The molecule has 0 saturated heterocycles. The highest BCUT2D eigenvalue weighted by Crippen LogP contribution is 2.14. The van der Waals surface area contributed by atoms with Crippen LogP contribution >= 0.6 is 0 Å². The minimum atomic E-state index is -0.261. The summed E-state index contributed by atoms with van der Waals surface area (Å²) in [5.74, 6) is -0.261. The molecule has 0 fully saturated rings. The molecule has 1 aromatic carbocycles. The van der Waals surface area contributed by atoms with Crippen LogP contribution in [0.2, 0.25) is 0 Å². The molecule has 0 aliphatic carbocycles. The van der Waals surface area contributed by atoms with Crippen molar-refractivity contribution in [3.8, 4) is 0 Å². The molecule has 1 rings (SSSR count). The maximum atomic E-state index is 11.3. The van der Waals surface area contributed by atoms with Crippen molar-refractivity contribution >= 4 is 11.7 Å². The molecule has 0 spiro atoms. The van der Waals surface area contributed by atoms with E-state index >= 15 is 0 Å². The van der Waals surface area contributed by atoms with Crippen LogP contribution in [-0.2, 0) is 14.3 Å². The van der Waals surface area contributed by atoms with Crippen molar-refractivity contribution in [2.75, 3.05) is 31.2 Å². The van der Waals surface area contributed by atoms with Gasteiger partial charge in [0.05, 0.1) is 13.2 Å². The minimum Gasteiger partial charge on any atom is -0.458 e. The molecule has 118 valence electrons. The summed E-state index contributed by atoms with van der Waals surface area (Å²) in [5.41, 5.74) is 1.13. The van der Waals surface area contributed by atoms with Crippen LogP contribution in [0.1, 0.15) is 33.6 Å². The zero-order valence-electron chi connectivity index (χ0n) is 13.4. The van der Waals surface area contributed by atoms with Gasteiger partial charge in [-0.1, -0.05) is 31.5 Å². The van der Waals surface area contributed by atoms with E-state index in [9.17, 15) is 4.79 Å². The number of benzene rings is 1. The molecule has 4 heteroatoms. The number of para-hydroxylation sites is 1. The first-order valence-corrected chi connectivity index (χ1v) is 7.72. The Kier molecular flexibility index (Phi) is 8.51. The van der Waals surface area contributed by atoms with Gasteiger partial charge in [0, 0.05) is 25.8 Å². The van der Waals surface area contributed by atoms with E-state index in [4.69, 9.17) is 9.47 Å². The lowest BCUT2D eigenvalue weighted by Gasteiger charge is -2.28. The van der Waals surface area contributed by atoms with Crippen molar-refractivity contribution in [2.24, 2.45) is 0 Å². The normalized spacial score (nSPS) is 12.0. The molecule has 0 aliphatic heterocycles. The first kappa shape index (κ1) is 17.5. The molecule has 1 unspecified atom stereocenters. The fourth-order valence-electron chi connectivity index (χ4n) is 2.12. The zero-order valence-corrected chi connectivity index (χ0v) is 13.4. The summed E-state index contributed by atoms with van der Waals surface area (Å²) in [6.07, 6.45) is 1.89. The van der Waals surface area contributed by atoms with E-state index in [1.165, 1.54) is 6.92 Å². The predicted molar refractivity (Wildman–Crippen MR) is 85.6 cm³/mol. The predicted octanol–water partition coefficient (Wildman–Crippen LogP) is 3.26. The summed E-state index contributed by atoms with van der Waals surface area (Å²) in [4.78, 5) is 13.4. The van der Waals surface area contributed by atoms with E-state index in [1.54, 1.807) is 0 Å². The molecule has 1 aromatic rings. The van der Waals surface area contributed by atoms with Gasteiger partial charge in [0.2, 0.25) is 0 Å². The molecular formula is C17H27NO3. The van der Waals surface area contributed by atoms with E-state index < -0.39 is 0 Å². The number of nitrogens with zero attached hydrogens (tertiary/aromatic N) is 1. The van der Waals surface area contributed by atoms with Crippen molar-refractivity contribution in [1.82, 2.24) is 0 Å². The summed E-state index contributed by atoms with van der Waals surface area (Å²) < 4.78 is 11.0. The van der Waals surface area contributed by atoms with Crippen LogP contribution in [0.3, 0.4) is 0 Å². The lowest BCUT2D eigenvalue weighted by atomic mass is 10.2. The van der Waals surface area contributed by atoms with Crippen molar-refractivity contribution in [1.29, 1.82) is 0 Å². The van der Waals surface area contributed by atoms with Gasteiger partial charge in [-0.05, 0) is 25.5 Å². The summed E-state index contributed by atoms with van der Waals surface area (Å²) in [7, 11) is 0. The van der Waals surface area contributed by atoms with Crippen LogP contribution in [0.25, 0.3) is 0 Å². The number of hydrogen-bond acceptors (Lipinski definition) is 4. The Balaban J connectivity index is 2.58. The van der Waals surface area contributed by atoms with Crippen LogP contribution in [0.4, 0.5) is 5.69 Å². The fourth-order valence-corrected chi connectivity index (χ4v) is 2.12. The van der Waals surface area contributed by atoms with Gasteiger partial charge in [-0.3, -0.25) is 4.79 Å². The van der Waals surface area contributed by atoms with Gasteiger partial charge in [0.1, 0.15) is 6.10 Å². The maximum Gasteiger partial charge on any atom is 0.303 e. The molecule has 0 radical (unpaired) electrons. The monoisotopic (exact) mass is 293 g/mol. The number of unbranched alkanes of at least 4 members (excludes halogenated alkanes) is 1. The third kappa shape index (κ3) is 7.14. The Bertz CT molecular complexity index is 394. The van der Waals surface area contributed by atoms with Gasteiger partial charge in [0.15, 0.2) is 0 Å². The largest absolute Gasteiger partial charge is 0.458 e. The number of esters is 1. The van der Waals surface area contributed by atoms with E-state index in [0.717, 1.165) is 25.1 Å². The quantitative estimate of drug-likeness (QED) is 0.490. The van der Waals surface area contributed by atoms with Crippen molar-refractivity contribution in [2.45, 2.75) is 39.7 Å².